The van der Waals surface area contributed by atoms with E-state index in [2.05, 4.69) is 50.1 Å². The SMILES string of the molecule is Brc1ccc(Br)c(-c2c[c]ccc2)c1. The van der Waals surface area contributed by atoms with Crippen LogP contribution in [-0.2, 0) is 0 Å². The first-order chi connectivity index (χ1) is 6.77. The number of benzene rings is 2. The summed E-state index contributed by atoms with van der Waals surface area (Å²) in [7, 11) is 0. The van der Waals surface area contributed by atoms with Crippen LogP contribution in [0.25, 0.3) is 11.1 Å². The zero-order valence-electron chi connectivity index (χ0n) is 7.30. The zero-order chi connectivity index (χ0) is 9.97. The fraction of sp³-hybridized carbons (Fsp3) is 0. The lowest BCUT2D eigenvalue weighted by Crippen LogP contribution is -1.79. The van der Waals surface area contributed by atoms with Crippen LogP contribution in [0.4, 0.5) is 0 Å². The van der Waals surface area contributed by atoms with Gasteiger partial charge in [0.2, 0.25) is 0 Å². The zero-order valence-corrected chi connectivity index (χ0v) is 10.5. The number of rotatable bonds is 1. The molecule has 2 rings (SSSR count). The molecule has 2 aromatic rings. The highest BCUT2D eigenvalue weighted by Crippen LogP contribution is 2.30. The van der Waals surface area contributed by atoms with E-state index in [1.165, 1.54) is 11.1 Å². The minimum Gasteiger partial charge on any atom is -0.0610 e. The molecular weight excluding hydrogens is 304 g/mol. The molecule has 0 aliphatic carbocycles. The highest BCUT2D eigenvalue weighted by atomic mass is 79.9. The third-order valence-corrected chi connectivity index (χ3v) is 3.13. The maximum Gasteiger partial charge on any atom is 0.0254 e. The molecule has 1 radical (unpaired) electrons. The van der Waals surface area contributed by atoms with Gasteiger partial charge in [-0.3, -0.25) is 0 Å². The Balaban J connectivity index is 2.57. The topological polar surface area (TPSA) is 0 Å². The first-order valence-electron chi connectivity index (χ1n) is 4.19. The van der Waals surface area contributed by atoms with Gasteiger partial charge in [-0.05, 0) is 41.5 Å². The summed E-state index contributed by atoms with van der Waals surface area (Å²) in [5.74, 6) is 0. The largest absolute Gasteiger partial charge is 0.0610 e. The van der Waals surface area contributed by atoms with E-state index in [0.717, 1.165) is 8.95 Å². The summed E-state index contributed by atoms with van der Waals surface area (Å²) in [5, 5.41) is 0. The molecule has 14 heavy (non-hydrogen) atoms. The molecule has 0 spiro atoms. The van der Waals surface area contributed by atoms with E-state index >= 15 is 0 Å². The molecule has 0 heterocycles. The van der Waals surface area contributed by atoms with Crippen LogP contribution in [0.1, 0.15) is 0 Å². The van der Waals surface area contributed by atoms with Crippen molar-refractivity contribution in [3.8, 4) is 11.1 Å². The molecule has 0 saturated carbocycles. The molecule has 2 aromatic carbocycles. The van der Waals surface area contributed by atoms with Gasteiger partial charge in [-0.2, -0.15) is 0 Å². The molecule has 0 nitrogen and oxygen atoms in total. The second-order valence-electron chi connectivity index (χ2n) is 2.92. The molecule has 0 N–H and O–H groups in total. The van der Waals surface area contributed by atoms with Gasteiger partial charge in [0.15, 0.2) is 0 Å². The van der Waals surface area contributed by atoms with Gasteiger partial charge in [0.25, 0.3) is 0 Å². The van der Waals surface area contributed by atoms with Crippen molar-refractivity contribution in [3.63, 3.8) is 0 Å². The Kier molecular flexibility index (Phi) is 3.04. The third-order valence-electron chi connectivity index (χ3n) is 1.95. The molecule has 0 aromatic heterocycles. The molecule has 0 unspecified atom stereocenters. The first kappa shape index (κ1) is 9.94. The van der Waals surface area contributed by atoms with Crippen molar-refractivity contribution in [1.29, 1.82) is 0 Å². The normalized spacial score (nSPS) is 10.1. The van der Waals surface area contributed by atoms with Crippen LogP contribution in [0.2, 0.25) is 0 Å². The molecule has 0 amide bonds. The minimum atomic E-state index is 1.08. The van der Waals surface area contributed by atoms with Crippen LogP contribution in [-0.4, -0.2) is 0 Å². The second kappa shape index (κ2) is 4.28. The van der Waals surface area contributed by atoms with Crippen molar-refractivity contribution in [2.45, 2.75) is 0 Å². The highest BCUT2D eigenvalue weighted by molar-refractivity contribution is 9.11. The lowest BCUT2D eigenvalue weighted by Gasteiger charge is -2.04. The van der Waals surface area contributed by atoms with E-state index < -0.39 is 0 Å². The lowest BCUT2D eigenvalue weighted by molar-refractivity contribution is 1.55. The summed E-state index contributed by atoms with van der Waals surface area (Å²) in [6, 6.07) is 17.1. The fourth-order valence-corrected chi connectivity index (χ4v) is 2.12. The van der Waals surface area contributed by atoms with Crippen LogP contribution in [0, 0.1) is 6.07 Å². The number of halogens is 2. The molecule has 0 atom stereocenters. The predicted molar refractivity (Wildman–Crippen MR) is 66.1 cm³/mol. The Morgan fingerprint density at radius 1 is 1.07 bits per heavy atom. The van der Waals surface area contributed by atoms with Crippen molar-refractivity contribution >= 4 is 31.9 Å². The van der Waals surface area contributed by atoms with Gasteiger partial charge in [-0.25, -0.2) is 0 Å². The summed E-state index contributed by atoms with van der Waals surface area (Å²) in [6.07, 6.45) is 0. The summed E-state index contributed by atoms with van der Waals surface area (Å²) >= 11 is 6.99. The van der Waals surface area contributed by atoms with Crippen LogP contribution < -0.4 is 0 Å². The van der Waals surface area contributed by atoms with E-state index in [4.69, 9.17) is 0 Å². The minimum absolute atomic E-state index is 1.08. The summed E-state index contributed by atoms with van der Waals surface area (Å²) in [6.45, 7) is 0. The average molecular weight is 311 g/mol. The molecule has 69 valence electrons. The fourth-order valence-electron chi connectivity index (χ4n) is 1.28. The van der Waals surface area contributed by atoms with Crippen molar-refractivity contribution in [2.75, 3.05) is 0 Å². The van der Waals surface area contributed by atoms with Gasteiger partial charge in [0.05, 0.1) is 0 Å². The molecule has 0 aliphatic heterocycles. The van der Waals surface area contributed by atoms with E-state index in [-0.39, 0.29) is 0 Å². The average Bonchev–Trinajstić information content (AvgIpc) is 2.23. The number of hydrogen-bond donors (Lipinski definition) is 0. The van der Waals surface area contributed by atoms with Gasteiger partial charge < -0.3 is 0 Å². The predicted octanol–water partition coefficient (Wildman–Crippen LogP) is 4.68. The van der Waals surface area contributed by atoms with Crippen LogP contribution in [0.5, 0.6) is 0 Å². The van der Waals surface area contributed by atoms with Gasteiger partial charge in [0, 0.05) is 8.95 Å². The van der Waals surface area contributed by atoms with Gasteiger partial charge >= 0.3 is 0 Å². The van der Waals surface area contributed by atoms with Crippen LogP contribution in [0.3, 0.4) is 0 Å². The Hall–Kier alpha value is -0.600. The molecule has 0 bridgehead atoms. The van der Waals surface area contributed by atoms with E-state index in [1.807, 2.05) is 30.3 Å². The molecule has 0 aliphatic rings. The van der Waals surface area contributed by atoms with Crippen molar-refractivity contribution in [1.82, 2.24) is 0 Å². The van der Waals surface area contributed by atoms with Crippen molar-refractivity contribution < 1.29 is 0 Å². The summed E-state index contributed by atoms with van der Waals surface area (Å²) in [5.41, 5.74) is 2.34. The van der Waals surface area contributed by atoms with Gasteiger partial charge in [0.1, 0.15) is 0 Å². The molecule has 0 saturated heterocycles. The van der Waals surface area contributed by atoms with E-state index in [1.54, 1.807) is 0 Å². The Labute approximate surface area is 100 Å². The highest BCUT2D eigenvalue weighted by Gasteiger charge is 2.02. The molecular formula is C12H7Br2. The summed E-state index contributed by atoms with van der Waals surface area (Å²) < 4.78 is 2.18. The monoisotopic (exact) mass is 309 g/mol. The second-order valence-corrected chi connectivity index (χ2v) is 4.69. The smallest absolute Gasteiger partial charge is 0.0254 e. The molecule has 0 fully saturated rings. The quantitative estimate of drug-likeness (QED) is 0.717. The lowest BCUT2D eigenvalue weighted by atomic mass is 10.1. The Bertz CT molecular complexity index is 435. The Morgan fingerprint density at radius 3 is 2.64 bits per heavy atom. The van der Waals surface area contributed by atoms with Crippen LogP contribution >= 0.6 is 31.9 Å². The maximum atomic E-state index is 3.53. The van der Waals surface area contributed by atoms with Gasteiger partial charge in [-0.15, -0.1) is 0 Å². The van der Waals surface area contributed by atoms with Crippen molar-refractivity contribution in [3.05, 3.63) is 57.5 Å². The third kappa shape index (κ3) is 2.07. The first-order valence-corrected chi connectivity index (χ1v) is 5.77. The Morgan fingerprint density at radius 2 is 1.93 bits per heavy atom. The van der Waals surface area contributed by atoms with E-state index in [9.17, 15) is 0 Å². The standard InChI is InChI=1S/C12H7Br2/c13-10-6-7-12(14)11(8-10)9-4-2-1-3-5-9/h1-2,4-8H. The molecule has 2 heteroatoms. The van der Waals surface area contributed by atoms with E-state index in [0.29, 0.717) is 0 Å². The van der Waals surface area contributed by atoms with Crippen LogP contribution in [0.15, 0.2) is 51.4 Å². The van der Waals surface area contributed by atoms with Gasteiger partial charge in [-0.1, -0.05) is 50.1 Å². The number of hydrogen-bond acceptors (Lipinski definition) is 0. The summed E-state index contributed by atoms with van der Waals surface area (Å²) in [4.78, 5) is 0. The van der Waals surface area contributed by atoms with Crippen molar-refractivity contribution in [2.24, 2.45) is 0 Å². The maximum absolute atomic E-state index is 3.53.